The summed E-state index contributed by atoms with van der Waals surface area (Å²) >= 11 is 5.68. The lowest BCUT2D eigenvalue weighted by Gasteiger charge is -2.19. The van der Waals surface area contributed by atoms with Crippen molar-refractivity contribution in [3.63, 3.8) is 0 Å². The molecule has 0 aliphatic carbocycles. The SMILES string of the molecule is Cc1cc(C)cc(NC(=S)/C(=C(\[O-])c2ccc([N+](=O)[O-])cc2)[n+]2ccc(C(C)(C)C)cc2)c1. The Balaban J connectivity index is 2.09. The zero-order valence-corrected chi connectivity index (χ0v) is 20.2. The Morgan fingerprint density at radius 3 is 2.00 bits per heavy atom. The monoisotopic (exact) mass is 461 g/mol. The first-order chi connectivity index (χ1) is 15.5. The number of anilines is 1. The lowest BCUT2D eigenvalue weighted by atomic mass is 9.88. The van der Waals surface area contributed by atoms with Crippen LogP contribution in [0.3, 0.4) is 0 Å². The van der Waals surface area contributed by atoms with Crippen molar-refractivity contribution in [3.8, 4) is 0 Å². The van der Waals surface area contributed by atoms with Crippen molar-refractivity contribution in [2.24, 2.45) is 0 Å². The fourth-order valence-corrected chi connectivity index (χ4v) is 3.84. The molecule has 1 aromatic heterocycles. The molecule has 0 aliphatic rings. The average Bonchev–Trinajstić information content (AvgIpc) is 2.73. The standard InChI is InChI=1S/C26H27N3O3S/c1-17-14-18(2)16-21(15-17)27-25(33)23(28-12-10-20(11-13-28)26(3,4)5)24(30)19-6-8-22(9-7-19)29(31)32/h6-16H,1-5H3,(H-,27,30,33). The van der Waals surface area contributed by atoms with Gasteiger partial charge in [-0.2, -0.15) is 4.57 Å². The summed E-state index contributed by atoms with van der Waals surface area (Å²) in [6.07, 6.45) is 3.63. The summed E-state index contributed by atoms with van der Waals surface area (Å²) in [6.45, 7) is 10.3. The zero-order valence-electron chi connectivity index (χ0n) is 19.4. The summed E-state index contributed by atoms with van der Waals surface area (Å²) in [5.74, 6) is -0.333. The molecule has 1 heterocycles. The lowest BCUT2D eigenvalue weighted by Crippen LogP contribution is -2.40. The highest BCUT2D eigenvalue weighted by atomic mass is 32.1. The summed E-state index contributed by atoms with van der Waals surface area (Å²) in [4.78, 5) is 10.8. The maximum absolute atomic E-state index is 13.5. The molecule has 0 unspecified atom stereocenters. The Morgan fingerprint density at radius 2 is 1.52 bits per heavy atom. The molecule has 2 aromatic carbocycles. The van der Waals surface area contributed by atoms with E-state index in [1.807, 2.05) is 50.5 Å². The minimum Gasteiger partial charge on any atom is -0.867 e. The molecule has 0 atom stereocenters. The van der Waals surface area contributed by atoms with Crippen molar-refractivity contribution < 1.29 is 14.6 Å². The highest BCUT2D eigenvalue weighted by molar-refractivity contribution is 7.81. The van der Waals surface area contributed by atoms with E-state index in [2.05, 4.69) is 32.2 Å². The molecular weight excluding hydrogens is 434 g/mol. The molecule has 3 aromatic rings. The van der Waals surface area contributed by atoms with Crippen LogP contribution in [-0.4, -0.2) is 9.91 Å². The lowest BCUT2D eigenvalue weighted by molar-refractivity contribution is -0.577. The van der Waals surface area contributed by atoms with Crippen LogP contribution in [0, 0.1) is 24.0 Å². The third kappa shape index (κ3) is 5.81. The molecule has 1 N–H and O–H groups in total. The number of nitrogens with one attached hydrogen (secondary N) is 1. The second kappa shape index (κ2) is 9.50. The van der Waals surface area contributed by atoms with Crippen LogP contribution in [0.1, 0.15) is 43.0 Å². The minimum absolute atomic E-state index is 0.0422. The van der Waals surface area contributed by atoms with Gasteiger partial charge in [0.15, 0.2) is 17.4 Å². The van der Waals surface area contributed by atoms with Gasteiger partial charge in [-0.05, 0) is 71.5 Å². The third-order valence-corrected chi connectivity index (χ3v) is 5.50. The van der Waals surface area contributed by atoms with Crippen molar-refractivity contribution >= 4 is 40.0 Å². The molecule has 3 rings (SSSR count). The molecule has 0 aliphatic heterocycles. The van der Waals surface area contributed by atoms with Crippen molar-refractivity contribution in [3.05, 3.63) is 99.4 Å². The van der Waals surface area contributed by atoms with Gasteiger partial charge < -0.3 is 10.4 Å². The molecular formula is C26H27N3O3S. The van der Waals surface area contributed by atoms with Gasteiger partial charge in [0.1, 0.15) is 0 Å². The molecule has 0 spiro atoms. The van der Waals surface area contributed by atoms with Crippen LogP contribution < -0.4 is 15.0 Å². The summed E-state index contributed by atoms with van der Waals surface area (Å²) in [5, 5.41) is 27.7. The normalized spacial score (nSPS) is 12.2. The highest BCUT2D eigenvalue weighted by Gasteiger charge is 2.22. The number of hydrogen-bond donors (Lipinski definition) is 1. The molecule has 7 heteroatoms. The van der Waals surface area contributed by atoms with Crippen molar-refractivity contribution in [2.45, 2.75) is 40.0 Å². The van der Waals surface area contributed by atoms with Crippen molar-refractivity contribution in [1.29, 1.82) is 0 Å². The number of rotatable bonds is 5. The van der Waals surface area contributed by atoms with Gasteiger partial charge in [-0.15, -0.1) is 0 Å². The van der Waals surface area contributed by atoms with E-state index in [1.54, 1.807) is 4.57 Å². The summed E-state index contributed by atoms with van der Waals surface area (Å²) in [7, 11) is 0. The largest absolute Gasteiger partial charge is 0.867 e. The van der Waals surface area contributed by atoms with E-state index >= 15 is 0 Å². The smallest absolute Gasteiger partial charge is 0.269 e. The highest BCUT2D eigenvalue weighted by Crippen LogP contribution is 2.23. The molecule has 6 nitrogen and oxygen atoms in total. The summed E-state index contributed by atoms with van der Waals surface area (Å²) in [6, 6.07) is 15.4. The average molecular weight is 462 g/mol. The number of nitro benzene ring substituents is 1. The number of nitrogens with zero attached hydrogens (tertiary/aromatic N) is 2. The van der Waals surface area contributed by atoms with Gasteiger partial charge in [0.2, 0.25) is 5.70 Å². The van der Waals surface area contributed by atoms with Crippen LogP contribution in [0.2, 0.25) is 0 Å². The van der Waals surface area contributed by atoms with Gasteiger partial charge in [-0.25, -0.2) is 0 Å². The first-order valence-corrected chi connectivity index (χ1v) is 10.9. The van der Waals surface area contributed by atoms with Gasteiger partial charge in [-0.1, -0.05) is 39.1 Å². The van der Waals surface area contributed by atoms with E-state index in [0.29, 0.717) is 5.56 Å². The fraction of sp³-hybridized carbons (Fsp3) is 0.231. The number of hydrogen-bond acceptors (Lipinski definition) is 4. The number of pyridine rings is 1. The van der Waals surface area contributed by atoms with Gasteiger partial charge >= 0.3 is 0 Å². The first kappa shape index (κ1) is 24.1. The van der Waals surface area contributed by atoms with Crippen molar-refractivity contribution in [1.82, 2.24) is 0 Å². The Hall–Kier alpha value is -3.58. The van der Waals surface area contributed by atoms with Crippen LogP contribution in [0.5, 0.6) is 0 Å². The summed E-state index contributed by atoms with van der Waals surface area (Å²) < 4.78 is 1.69. The maximum Gasteiger partial charge on any atom is 0.269 e. The van der Waals surface area contributed by atoms with Crippen LogP contribution in [0.4, 0.5) is 11.4 Å². The molecule has 0 saturated carbocycles. The van der Waals surface area contributed by atoms with Gasteiger partial charge in [0.25, 0.3) is 5.69 Å². The number of aromatic nitrogens is 1. The van der Waals surface area contributed by atoms with Crippen LogP contribution in [0.15, 0.2) is 67.0 Å². The predicted octanol–water partition coefficient (Wildman–Crippen LogP) is 4.92. The molecule has 170 valence electrons. The van der Waals surface area contributed by atoms with E-state index in [9.17, 15) is 15.2 Å². The van der Waals surface area contributed by atoms with Gasteiger partial charge in [-0.3, -0.25) is 10.1 Å². The summed E-state index contributed by atoms with van der Waals surface area (Å²) in [5.41, 5.74) is 4.51. The number of benzene rings is 2. The quantitative estimate of drug-likeness (QED) is 0.146. The molecule has 0 bridgehead atoms. The molecule has 0 fully saturated rings. The topological polar surface area (TPSA) is 82.1 Å². The predicted molar refractivity (Wildman–Crippen MR) is 134 cm³/mol. The number of thiocarbonyl (C=S) groups is 1. The first-order valence-electron chi connectivity index (χ1n) is 10.5. The van der Waals surface area contributed by atoms with Gasteiger partial charge in [0, 0.05) is 30.0 Å². The second-order valence-corrected chi connectivity index (χ2v) is 9.46. The van der Waals surface area contributed by atoms with Gasteiger partial charge in [0.05, 0.1) is 4.92 Å². The number of aryl methyl sites for hydroxylation is 2. The Bertz CT molecular complexity index is 1200. The Labute approximate surface area is 199 Å². The molecule has 33 heavy (non-hydrogen) atoms. The molecule has 0 radical (unpaired) electrons. The van der Waals surface area contributed by atoms with E-state index in [-0.39, 0.29) is 27.5 Å². The Morgan fingerprint density at radius 1 is 0.970 bits per heavy atom. The molecule has 0 saturated heterocycles. The van der Waals surface area contributed by atoms with Crippen LogP contribution in [-0.2, 0) is 5.41 Å². The number of non-ortho nitro benzene ring substituents is 1. The third-order valence-electron chi connectivity index (χ3n) is 5.20. The van der Waals surface area contributed by atoms with E-state index in [1.165, 1.54) is 24.3 Å². The maximum atomic E-state index is 13.5. The minimum atomic E-state index is -0.495. The second-order valence-electron chi connectivity index (χ2n) is 9.06. The van der Waals surface area contributed by atoms with Crippen LogP contribution in [0.25, 0.3) is 11.5 Å². The van der Waals surface area contributed by atoms with E-state index in [4.69, 9.17) is 12.2 Å². The van der Waals surface area contributed by atoms with E-state index in [0.717, 1.165) is 22.4 Å². The van der Waals surface area contributed by atoms with Crippen molar-refractivity contribution in [2.75, 3.05) is 5.32 Å². The molecule has 0 amide bonds. The van der Waals surface area contributed by atoms with Crippen LogP contribution >= 0.6 is 12.2 Å². The van der Waals surface area contributed by atoms with E-state index < -0.39 is 4.92 Å². The Kier molecular flexibility index (Phi) is 6.93. The zero-order chi connectivity index (χ0) is 24.3. The number of nitro groups is 1. The fourth-order valence-electron chi connectivity index (χ4n) is 3.52.